The van der Waals surface area contributed by atoms with Crippen molar-refractivity contribution in [3.05, 3.63) is 126 Å². The summed E-state index contributed by atoms with van der Waals surface area (Å²) in [6.07, 6.45) is 6.72. The summed E-state index contributed by atoms with van der Waals surface area (Å²) in [7, 11) is -0.362. The van der Waals surface area contributed by atoms with Gasteiger partial charge in [0.25, 0.3) is 0 Å². The molecule has 7 rings (SSSR count). The van der Waals surface area contributed by atoms with Gasteiger partial charge in [-0.05, 0) is 123 Å². The minimum atomic E-state index is -2.07. The third kappa shape index (κ3) is 10.1. The number of methoxy groups -OCH3 is 1. The lowest BCUT2D eigenvalue weighted by atomic mass is 9.94. The van der Waals surface area contributed by atoms with E-state index in [0.29, 0.717) is 44.0 Å². The van der Waals surface area contributed by atoms with Gasteiger partial charge in [0, 0.05) is 25.0 Å². The van der Waals surface area contributed by atoms with E-state index in [2.05, 4.69) is 90.2 Å². The summed E-state index contributed by atoms with van der Waals surface area (Å²) >= 11 is 0. The average molecular weight is 846 g/mol. The smallest absolute Gasteiger partial charge is 0.249 e. The number of aryl methyl sites for hydroxylation is 2. The largest absolute Gasteiger partial charge is 0.497 e. The molecule has 324 valence electrons. The van der Waals surface area contributed by atoms with Crippen molar-refractivity contribution in [3.63, 3.8) is 0 Å². The van der Waals surface area contributed by atoms with E-state index < -0.39 is 8.07 Å². The molecule has 61 heavy (non-hydrogen) atoms. The standard InChI is InChI=1S/C49H63N5O6Si/c1-6-59-40-21-24-45-37(30-40)31-43(50-27-10-11-29-55)49(57)54(45)38-17-14-35(15-18-38)16-25-46-34(2)48(61(4,5)41-22-19-39(58-3)20-23-41)47(60-46)26-28-53-32-44(51-52-53)42(33-56)36-12-8-7-9-13-36/h7-9,12-15,17-24,30,32,34,42-43,46-48,50,55-56H,6,10-11,16,25-29,31,33H2,1-5H3/t34-,42?,43?,46+,47-,48+/m0/s1. The van der Waals surface area contributed by atoms with Crippen molar-refractivity contribution in [3.8, 4) is 11.5 Å². The Morgan fingerprint density at radius 1 is 0.934 bits per heavy atom. The summed E-state index contributed by atoms with van der Waals surface area (Å²) in [6, 6.07) is 32.7. The minimum absolute atomic E-state index is 0.0221. The number of benzene rings is 4. The lowest BCUT2D eigenvalue weighted by molar-refractivity contribution is -0.120. The van der Waals surface area contributed by atoms with E-state index in [1.54, 1.807) is 7.11 Å². The number of fused-ring (bicyclic) bond motifs is 1. The van der Waals surface area contributed by atoms with Gasteiger partial charge in [0.15, 0.2) is 0 Å². The van der Waals surface area contributed by atoms with Crippen LogP contribution in [0.5, 0.6) is 11.5 Å². The van der Waals surface area contributed by atoms with Crippen LogP contribution in [-0.4, -0.2) is 90.9 Å². The van der Waals surface area contributed by atoms with Crippen molar-refractivity contribution in [2.75, 3.05) is 38.4 Å². The highest BCUT2D eigenvalue weighted by Crippen LogP contribution is 2.47. The van der Waals surface area contributed by atoms with Crippen molar-refractivity contribution in [1.29, 1.82) is 0 Å². The van der Waals surface area contributed by atoms with Crippen LogP contribution in [0.25, 0.3) is 0 Å². The molecular weight excluding hydrogens is 783 g/mol. The number of rotatable bonds is 20. The Balaban J connectivity index is 1.07. The molecule has 2 aliphatic rings. The Morgan fingerprint density at radius 3 is 2.39 bits per heavy atom. The molecule has 5 aromatic rings. The minimum Gasteiger partial charge on any atom is -0.497 e. The van der Waals surface area contributed by atoms with Crippen molar-refractivity contribution < 1.29 is 29.2 Å². The maximum absolute atomic E-state index is 14.1. The van der Waals surface area contributed by atoms with Gasteiger partial charge in [-0.2, -0.15) is 0 Å². The summed E-state index contributed by atoms with van der Waals surface area (Å²) < 4.78 is 20.3. The van der Waals surface area contributed by atoms with Gasteiger partial charge < -0.3 is 29.7 Å². The van der Waals surface area contributed by atoms with E-state index in [-0.39, 0.29) is 43.3 Å². The number of carbonyl (C=O) groups excluding carboxylic acids is 1. The molecule has 2 unspecified atom stereocenters. The maximum atomic E-state index is 14.1. The second-order valence-electron chi connectivity index (χ2n) is 17.1. The van der Waals surface area contributed by atoms with Gasteiger partial charge in [-0.3, -0.25) is 14.4 Å². The lowest BCUT2D eigenvalue weighted by Gasteiger charge is -2.36. The number of aromatic nitrogens is 3. The number of unbranched alkanes of at least 4 members (excludes halogenated alkanes) is 1. The Labute approximate surface area is 362 Å². The first-order chi connectivity index (χ1) is 29.6. The molecule has 1 fully saturated rings. The molecule has 6 atom stereocenters. The number of hydrogen-bond acceptors (Lipinski definition) is 9. The Bertz CT molecular complexity index is 2160. The number of aliphatic hydroxyl groups is 2. The molecular formula is C49H63N5O6Si. The maximum Gasteiger partial charge on any atom is 0.249 e. The predicted molar refractivity (Wildman–Crippen MR) is 243 cm³/mol. The molecule has 0 aliphatic carbocycles. The zero-order valence-electron chi connectivity index (χ0n) is 36.4. The van der Waals surface area contributed by atoms with Gasteiger partial charge in [0.2, 0.25) is 5.91 Å². The highest BCUT2D eigenvalue weighted by Gasteiger charge is 2.50. The second-order valence-corrected chi connectivity index (χ2v) is 21.8. The fraction of sp³-hybridized carbons (Fsp3) is 0.449. The molecule has 3 N–H and O–H groups in total. The van der Waals surface area contributed by atoms with Crippen molar-refractivity contribution in [1.82, 2.24) is 20.3 Å². The van der Waals surface area contributed by atoms with Crippen LogP contribution in [-0.2, 0) is 28.9 Å². The van der Waals surface area contributed by atoms with Crippen molar-refractivity contribution in [2.24, 2.45) is 5.92 Å². The monoisotopic (exact) mass is 845 g/mol. The van der Waals surface area contributed by atoms with Gasteiger partial charge in [-0.25, -0.2) is 0 Å². The van der Waals surface area contributed by atoms with Crippen LogP contribution in [0, 0.1) is 5.92 Å². The van der Waals surface area contributed by atoms with Gasteiger partial charge >= 0.3 is 0 Å². The number of aliphatic hydroxyl groups excluding tert-OH is 2. The zero-order chi connectivity index (χ0) is 42.9. The Hall–Kier alpha value is -4.85. The van der Waals surface area contributed by atoms with E-state index in [1.807, 2.05) is 65.2 Å². The summed E-state index contributed by atoms with van der Waals surface area (Å²) in [5.41, 5.74) is 6.14. The number of anilines is 2. The number of nitrogens with one attached hydrogen (secondary N) is 1. The van der Waals surface area contributed by atoms with Crippen LogP contribution in [0.1, 0.15) is 67.8 Å². The normalized spacial score (nSPS) is 20.7. The third-order valence-electron chi connectivity index (χ3n) is 12.9. The molecule has 4 aromatic carbocycles. The summed E-state index contributed by atoms with van der Waals surface area (Å²) in [5.74, 6) is 1.79. The molecule has 0 saturated carbocycles. The summed E-state index contributed by atoms with van der Waals surface area (Å²) in [4.78, 5) is 15.9. The SMILES string of the molecule is CCOc1ccc2c(c1)CC(NCCCCO)C(=O)N2c1ccc(CC[C@H]2O[C@@H](CCn3cc(C(CO)c4ccccc4)nn3)[C@H]([Si](C)(C)c3ccc(OC)cc3)[C@H]2C)cc1. The Morgan fingerprint density at radius 2 is 1.69 bits per heavy atom. The predicted octanol–water partition coefficient (Wildman–Crippen LogP) is 7.17. The third-order valence-corrected chi connectivity index (χ3v) is 17.3. The van der Waals surface area contributed by atoms with Crippen LogP contribution >= 0.6 is 0 Å². The molecule has 1 amide bonds. The lowest BCUT2D eigenvalue weighted by Crippen LogP contribution is -2.50. The molecule has 12 heteroatoms. The van der Waals surface area contributed by atoms with Gasteiger partial charge in [0.05, 0.1) is 63.9 Å². The van der Waals surface area contributed by atoms with Crippen LogP contribution in [0.15, 0.2) is 103 Å². The van der Waals surface area contributed by atoms with E-state index in [9.17, 15) is 15.0 Å². The first-order valence-corrected chi connectivity index (χ1v) is 25.1. The number of ether oxygens (including phenoxy) is 3. The summed E-state index contributed by atoms with van der Waals surface area (Å²) in [5, 5.41) is 33.4. The van der Waals surface area contributed by atoms with Crippen molar-refractivity contribution in [2.45, 2.75) is 102 Å². The topological polar surface area (TPSA) is 131 Å². The number of carbonyl (C=O) groups is 1. The van der Waals surface area contributed by atoms with Crippen LogP contribution < -0.4 is 24.9 Å². The van der Waals surface area contributed by atoms with E-state index in [1.165, 1.54) is 10.8 Å². The van der Waals surface area contributed by atoms with Crippen LogP contribution in [0.3, 0.4) is 0 Å². The highest BCUT2D eigenvalue weighted by atomic mass is 28.3. The van der Waals surface area contributed by atoms with Crippen LogP contribution in [0.2, 0.25) is 18.6 Å². The molecule has 1 saturated heterocycles. The van der Waals surface area contributed by atoms with E-state index in [0.717, 1.165) is 65.4 Å². The summed E-state index contributed by atoms with van der Waals surface area (Å²) in [6.45, 7) is 11.3. The Kier molecular flexibility index (Phi) is 14.7. The van der Waals surface area contributed by atoms with Gasteiger partial charge in [-0.1, -0.05) is 85.0 Å². The van der Waals surface area contributed by atoms with Crippen LogP contribution in [0.4, 0.5) is 11.4 Å². The molecule has 3 heterocycles. The average Bonchev–Trinajstić information content (AvgIpc) is 3.88. The molecule has 11 nitrogen and oxygen atoms in total. The van der Waals surface area contributed by atoms with E-state index >= 15 is 0 Å². The van der Waals surface area contributed by atoms with Crippen molar-refractivity contribution >= 4 is 30.5 Å². The number of hydrogen-bond donors (Lipinski definition) is 3. The molecule has 2 aliphatic heterocycles. The molecule has 0 spiro atoms. The first kappa shape index (κ1) is 44.2. The fourth-order valence-electron chi connectivity index (χ4n) is 9.65. The second kappa shape index (κ2) is 20.3. The molecule has 0 radical (unpaired) electrons. The zero-order valence-corrected chi connectivity index (χ0v) is 37.4. The fourth-order valence-corrected chi connectivity index (χ4v) is 13.8. The molecule has 0 bridgehead atoms. The molecule has 1 aromatic heterocycles. The van der Waals surface area contributed by atoms with Gasteiger partial charge in [0.1, 0.15) is 11.5 Å². The number of amides is 1. The van der Waals surface area contributed by atoms with E-state index in [4.69, 9.17) is 14.2 Å². The quantitative estimate of drug-likeness (QED) is 0.0552. The van der Waals surface area contributed by atoms with Gasteiger partial charge in [-0.15, -0.1) is 5.10 Å². The number of nitrogens with zero attached hydrogens (tertiary/aromatic N) is 4. The first-order valence-electron chi connectivity index (χ1n) is 22.0. The highest BCUT2D eigenvalue weighted by molar-refractivity contribution is 6.91.